The number of anilines is 1. The Hall–Kier alpha value is -4.88. The van der Waals surface area contributed by atoms with Gasteiger partial charge in [-0.1, -0.05) is 109 Å². The van der Waals surface area contributed by atoms with E-state index in [0.29, 0.717) is 31.1 Å². The minimum Gasteiger partial charge on any atom is -0.350 e. The number of para-hydroxylation sites is 1. The van der Waals surface area contributed by atoms with Crippen molar-refractivity contribution in [3.63, 3.8) is 0 Å². The molecule has 0 saturated carbocycles. The number of benzene rings is 5. The Morgan fingerprint density at radius 2 is 1.33 bits per heavy atom. The van der Waals surface area contributed by atoms with E-state index < -0.39 is 31.9 Å². The van der Waals surface area contributed by atoms with E-state index in [0.717, 1.165) is 22.0 Å². The van der Waals surface area contributed by atoms with Crippen LogP contribution in [0.1, 0.15) is 24.8 Å². The first kappa shape index (κ1) is 37.4. The number of unbranched alkanes of at least 4 members (excludes halogenated alkanes) is 1. The summed E-state index contributed by atoms with van der Waals surface area (Å²) in [6, 6.07) is 37.9. The van der Waals surface area contributed by atoms with E-state index in [1.165, 1.54) is 18.2 Å². The van der Waals surface area contributed by atoms with E-state index in [1.807, 2.05) is 78.9 Å². The summed E-state index contributed by atoms with van der Waals surface area (Å²) in [5.41, 5.74) is 1.67. The van der Waals surface area contributed by atoms with Crippen molar-refractivity contribution in [1.29, 1.82) is 0 Å². The smallest absolute Gasteiger partial charge is 0.243 e. The van der Waals surface area contributed by atoms with Crippen LogP contribution >= 0.6 is 12.2 Å². The third-order valence-corrected chi connectivity index (χ3v) is 11.3. The number of thiocarbonyl (C=S) groups is 1. The number of hydrogen-bond donors (Lipinski definition) is 4. The Kier molecular flexibility index (Phi) is 13.1. The molecule has 0 unspecified atom stereocenters. The fourth-order valence-corrected chi connectivity index (χ4v) is 8.15. The molecular weight excluding hydrogens is 701 g/mol. The Labute approximate surface area is 305 Å². The first-order chi connectivity index (χ1) is 24.6. The molecule has 0 bridgehead atoms. The Morgan fingerprint density at radius 3 is 2.06 bits per heavy atom. The second-order valence-electron chi connectivity index (χ2n) is 11.9. The summed E-state index contributed by atoms with van der Waals surface area (Å²) in [6.07, 6.45) is 3.09. The van der Waals surface area contributed by atoms with Gasteiger partial charge in [-0.2, -0.15) is 0 Å². The minimum absolute atomic E-state index is 0.134. The molecule has 5 rings (SSSR count). The van der Waals surface area contributed by atoms with Gasteiger partial charge in [0.05, 0.1) is 9.79 Å². The highest BCUT2D eigenvalue weighted by atomic mass is 32.2. The molecule has 1 amide bonds. The van der Waals surface area contributed by atoms with Crippen LogP contribution in [0.15, 0.2) is 155 Å². The molecule has 5 aromatic carbocycles. The highest BCUT2D eigenvalue weighted by Crippen LogP contribution is 2.22. The lowest BCUT2D eigenvalue weighted by atomic mass is 10.0. The zero-order chi connectivity index (χ0) is 36.1. The van der Waals surface area contributed by atoms with E-state index in [4.69, 9.17) is 12.2 Å². The third-order valence-electron chi connectivity index (χ3n) is 8.10. The molecule has 264 valence electrons. The summed E-state index contributed by atoms with van der Waals surface area (Å²) >= 11 is 5.55. The molecule has 5 aromatic rings. The molecule has 12 heteroatoms. The first-order valence-corrected chi connectivity index (χ1v) is 20.0. The van der Waals surface area contributed by atoms with Gasteiger partial charge in [0, 0.05) is 35.5 Å². The topological polar surface area (TPSA) is 133 Å². The predicted octanol–water partition coefficient (Wildman–Crippen LogP) is 6.36. The fraction of sp³-hybridized carbons (Fsp3) is 0.179. The molecule has 51 heavy (non-hydrogen) atoms. The number of amides is 1. The average molecular weight is 741 g/mol. The van der Waals surface area contributed by atoms with Crippen molar-refractivity contribution in [3.8, 4) is 0 Å². The van der Waals surface area contributed by atoms with E-state index in [-0.39, 0.29) is 27.4 Å². The monoisotopic (exact) mass is 740 g/mol. The van der Waals surface area contributed by atoms with Gasteiger partial charge in [0.2, 0.25) is 15.9 Å². The zero-order valence-corrected chi connectivity index (χ0v) is 30.3. The summed E-state index contributed by atoms with van der Waals surface area (Å²) in [7, 11) is -7.57. The summed E-state index contributed by atoms with van der Waals surface area (Å²) in [5.74, 6) is -0.375. The molecule has 0 aliphatic rings. The highest BCUT2D eigenvalue weighted by molar-refractivity contribution is 7.94. The van der Waals surface area contributed by atoms with Gasteiger partial charge in [-0.05, 0) is 72.8 Å². The van der Waals surface area contributed by atoms with Crippen molar-refractivity contribution in [1.82, 2.24) is 15.4 Å². The van der Waals surface area contributed by atoms with Gasteiger partial charge >= 0.3 is 0 Å². The van der Waals surface area contributed by atoms with Gasteiger partial charge < -0.3 is 16.0 Å². The van der Waals surface area contributed by atoms with Gasteiger partial charge in [0.1, 0.15) is 6.04 Å². The molecule has 0 aromatic heterocycles. The molecule has 9 nitrogen and oxygen atoms in total. The van der Waals surface area contributed by atoms with Crippen LogP contribution < -0.4 is 20.7 Å². The number of rotatable bonds is 16. The number of hydrogen-bond acceptors (Lipinski definition) is 6. The SMILES string of the molecule is O=C(N[C@H](/C=C/S(=O)(=O)c1ccccc1)CCCCNS(=O)(=O)c1cccc2ccccc12)[C@H](Cc1ccccc1)NC(=S)Nc1ccccc1. The van der Waals surface area contributed by atoms with Crippen molar-refractivity contribution in [2.24, 2.45) is 0 Å². The van der Waals surface area contributed by atoms with Gasteiger partial charge in [-0.15, -0.1) is 0 Å². The van der Waals surface area contributed by atoms with Crippen molar-refractivity contribution in [3.05, 3.63) is 151 Å². The number of sulfonamides is 1. The maximum Gasteiger partial charge on any atom is 0.243 e. The molecule has 0 aliphatic heterocycles. The van der Waals surface area contributed by atoms with Crippen LogP contribution in [0.3, 0.4) is 0 Å². The van der Waals surface area contributed by atoms with Crippen molar-refractivity contribution < 1.29 is 21.6 Å². The van der Waals surface area contributed by atoms with Crippen LogP contribution in [0, 0.1) is 0 Å². The van der Waals surface area contributed by atoms with Gasteiger partial charge in [0.25, 0.3) is 0 Å². The predicted molar refractivity (Wildman–Crippen MR) is 207 cm³/mol. The lowest BCUT2D eigenvalue weighted by Crippen LogP contribution is -2.51. The number of carbonyl (C=O) groups excluding carboxylic acids is 1. The van der Waals surface area contributed by atoms with Crippen molar-refractivity contribution >= 4 is 59.6 Å². The van der Waals surface area contributed by atoms with Gasteiger partial charge in [0.15, 0.2) is 14.9 Å². The van der Waals surface area contributed by atoms with Crippen molar-refractivity contribution in [2.45, 2.75) is 47.6 Å². The molecule has 4 N–H and O–H groups in total. The van der Waals surface area contributed by atoms with Gasteiger partial charge in [-0.3, -0.25) is 4.79 Å². The van der Waals surface area contributed by atoms with Crippen molar-refractivity contribution in [2.75, 3.05) is 11.9 Å². The lowest BCUT2D eigenvalue weighted by molar-refractivity contribution is -0.123. The molecule has 0 radical (unpaired) electrons. The van der Waals surface area contributed by atoms with Crippen LogP contribution in [-0.2, 0) is 31.1 Å². The third kappa shape index (κ3) is 11.1. The summed E-state index contributed by atoms with van der Waals surface area (Å²) in [5, 5.41) is 12.1. The molecule has 2 atom stereocenters. The largest absolute Gasteiger partial charge is 0.350 e. The zero-order valence-electron chi connectivity index (χ0n) is 27.8. The van der Waals surface area contributed by atoms with Gasteiger partial charge in [-0.25, -0.2) is 21.6 Å². The normalized spacial score (nSPS) is 13.0. The van der Waals surface area contributed by atoms with Crippen LogP contribution in [0.4, 0.5) is 5.69 Å². The van der Waals surface area contributed by atoms with E-state index in [9.17, 15) is 21.6 Å². The second kappa shape index (κ2) is 17.9. The molecule has 0 spiro atoms. The highest BCUT2D eigenvalue weighted by Gasteiger charge is 2.23. The summed E-state index contributed by atoms with van der Waals surface area (Å²) in [4.78, 5) is 14.2. The molecular formula is C39H40N4O5S3. The Balaban J connectivity index is 1.28. The summed E-state index contributed by atoms with van der Waals surface area (Å²) in [6.45, 7) is 0.163. The lowest BCUT2D eigenvalue weighted by Gasteiger charge is -2.23. The molecule has 0 heterocycles. The second-order valence-corrected chi connectivity index (χ2v) is 15.9. The quantitative estimate of drug-likeness (QED) is 0.0679. The maximum absolute atomic E-state index is 13.9. The number of carbonyl (C=O) groups is 1. The van der Waals surface area contributed by atoms with E-state index in [2.05, 4.69) is 20.7 Å². The van der Waals surface area contributed by atoms with Crippen LogP contribution in [0.2, 0.25) is 0 Å². The first-order valence-electron chi connectivity index (χ1n) is 16.5. The fourth-order valence-electron chi connectivity index (χ4n) is 5.50. The Bertz CT molecular complexity index is 2160. The molecule has 0 aliphatic carbocycles. The molecule has 0 fully saturated rings. The number of nitrogens with one attached hydrogen (secondary N) is 4. The van der Waals surface area contributed by atoms with E-state index >= 15 is 0 Å². The Morgan fingerprint density at radius 1 is 0.706 bits per heavy atom. The van der Waals surface area contributed by atoms with Crippen LogP contribution in [-0.4, -0.2) is 46.5 Å². The standard InChI is InChI=1S/C39H40N4O5S3/c44-38(36(29-30-15-4-1-5-16-30)43-39(49)42-32-19-6-2-7-20-32)41-33(26-28-50(45,46)34-22-8-3-9-23-34)21-12-13-27-40-51(47,48)37-25-14-18-31-17-10-11-24-35(31)37/h1-11,14-20,22-26,28,33,36,40H,12-13,21,27,29H2,(H,41,44)(H2,42,43,49)/b28-26+/t33-,36-/m0/s1. The maximum atomic E-state index is 13.9. The summed E-state index contributed by atoms with van der Waals surface area (Å²) < 4.78 is 55.3. The van der Waals surface area contributed by atoms with Crippen LogP contribution in [0.25, 0.3) is 10.8 Å². The van der Waals surface area contributed by atoms with E-state index in [1.54, 1.807) is 42.5 Å². The number of fused-ring (bicyclic) bond motifs is 1. The van der Waals surface area contributed by atoms with Crippen LogP contribution in [0.5, 0.6) is 0 Å². The average Bonchev–Trinajstić information content (AvgIpc) is 3.14. The minimum atomic E-state index is -3.79. The number of sulfone groups is 1. The molecule has 0 saturated heterocycles.